The van der Waals surface area contributed by atoms with E-state index in [1.54, 1.807) is 0 Å². The monoisotopic (exact) mass is 247 g/mol. The average Bonchev–Trinajstić information content (AvgIpc) is 2.39. The van der Waals surface area contributed by atoms with Gasteiger partial charge in [0.15, 0.2) is 0 Å². The van der Waals surface area contributed by atoms with Gasteiger partial charge in [0, 0.05) is 25.3 Å². The predicted molar refractivity (Wildman–Crippen MR) is 77.0 cm³/mol. The van der Waals surface area contributed by atoms with E-state index >= 15 is 0 Å². The number of anilines is 1. The second kappa shape index (κ2) is 6.19. The van der Waals surface area contributed by atoms with Crippen LogP contribution in [-0.2, 0) is 13.0 Å². The molecule has 0 aromatic carbocycles. The Morgan fingerprint density at radius 1 is 1.33 bits per heavy atom. The summed E-state index contributed by atoms with van der Waals surface area (Å²) in [6.45, 7) is 7.75. The maximum absolute atomic E-state index is 4.78. The van der Waals surface area contributed by atoms with Crippen LogP contribution in [0.15, 0.2) is 12.1 Å². The van der Waals surface area contributed by atoms with Crippen LogP contribution in [0.25, 0.3) is 0 Å². The van der Waals surface area contributed by atoms with Gasteiger partial charge in [0.2, 0.25) is 0 Å². The van der Waals surface area contributed by atoms with Crippen LogP contribution in [0.5, 0.6) is 0 Å². The quantitative estimate of drug-likeness (QED) is 0.886. The van der Waals surface area contributed by atoms with E-state index in [2.05, 4.69) is 36.2 Å². The van der Waals surface area contributed by atoms with Gasteiger partial charge in [-0.15, -0.1) is 0 Å². The van der Waals surface area contributed by atoms with Gasteiger partial charge in [0.1, 0.15) is 5.82 Å². The van der Waals surface area contributed by atoms with Gasteiger partial charge in [-0.25, -0.2) is 4.98 Å². The Kier molecular flexibility index (Phi) is 4.59. The van der Waals surface area contributed by atoms with E-state index in [1.165, 1.54) is 29.9 Å². The molecule has 0 unspecified atom stereocenters. The zero-order chi connectivity index (χ0) is 13.0. The molecule has 0 aliphatic carbocycles. The second-order valence-corrected chi connectivity index (χ2v) is 5.38. The highest BCUT2D eigenvalue weighted by Crippen LogP contribution is 2.23. The molecule has 0 saturated carbocycles. The molecule has 0 spiro atoms. The van der Waals surface area contributed by atoms with E-state index < -0.39 is 0 Å². The van der Waals surface area contributed by atoms with Gasteiger partial charge in [0.05, 0.1) is 0 Å². The largest absolute Gasteiger partial charge is 0.357 e. The zero-order valence-corrected chi connectivity index (χ0v) is 11.9. The molecule has 100 valence electrons. The minimum atomic E-state index is 0.868. The molecular formula is C15H25N3. The van der Waals surface area contributed by atoms with Crippen molar-refractivity contribution in [2.75, 3.05) is 25.0 Å². The summed E-state index contributed by atoms with van der Waals surface area (Å²) in [5, 5.41) is 3.23. The van der Waals surface area contributed by atoms with Gasteiger partial charge in [-0.1, -0.05) is 13.8 Å². The number of pyridine rings is 1. The summed E-state index contributed by atoms with van der Waals surface area (Å²) in [5.74, 6) is 2.04. The van der Waals surface area contributed by atoms with Crippen molar-refractivity contribution in [1.82, 2.24) is 10.3 Å². The first-order valence-corrected chi connectivity index (χ1v) is 7.12. The number of hydrogen-bond donors (Lipinski definition) is 1. The van der Waals surface area contributed by atoms with Crippen LogP contribution in [0.4, 0.5) is 5.82 Å². The van der Waals surface area contributed by atoms with Crippen LogP contribution in [-0.4, -0.2) is 25.1 Å². The molecular weight excluding hydrogens is 222 g/mol. The molecule has 1 saturated heterocycles. The minimum Gasteiger partial charge on any atom is -0.357 e. The van der Waals surface area contributed by atoms with Crippen LogP contribution in [0.3, 0.4) is 0 Å². The first-order chi connectivity index (χ1) is 8.72. The lowest BCUT2D eigenvalue weighted by molar-refractivity contribution is 0.436. The summed E-state index contributed by atoms with van der Waals surface area (Å²) in [5.41, 5.74) is 2.55. The predicted octanol–water partition coefficient (Wildman–Crippen LogP) is 2.60. The van der Waals surface area contributed by atoms with Crippen LogP contribution in [0.1, 0.15) is 37.9 Å². The molecule has 1 aliphatic heterocycles. The number of nitrogens with zero attached hydrogens (tertiary/aromatic N) is 2. The van der Waals surface area contributed by atoms with Crippen molar-refractivity contribution in [3.63, 3.8) is 0 Å². The lowest BCUT2D eigenvalue weighted by Crippen LogP contribution is -2.33. The zero-order valence-electron chi connectivity index (χ0n) is 11.9. The molecule has 1 aromatic rings. The molecule has 1 fully saturated rings. The fraction of sp³-hybridized carbons (Fsp3) is 0.667. The molecule has 18 heavy (non-hydrogen) atoms. The topological polar surface area (TPSA) is 28.2 Å². The lowest BCUT2D eigenvalue weighted by Gasteiger charge is -2.31. The summed E-state index contributed by atoms with van der Waals surface area (Å²) in [4.78, 5) is 7.22. The first kappa shape index (κ1) is 13.3. The van der Waals surface area contributed by atoms with Crippen molar-refractivity contribution >= 4 is 5.82 Å². The molecule has 2 heterocycles. The van der Waals surface area contributed by atoms with Crippen molar-refractivity contribution in [3.05, 3.63) is 23.4 Å². The number of nitrogens with one attached hydrogen (secondary N) is 1. The van der Waals surface area contributed by atoms with Gasteiger partial charge >= 0.3 is 0 Å². The van der Waals surface area contributed by atoms with Gasteiger partial charge < -0.3 is 10.2 Å². The maximum Gasteiger partial charge on any atom is 0.129 e. The molecule has 0 amide bonds. The molecule has 1 aliphatic rings. The van der Waals surface area contributed by atoms with Crippen molar-refractivity contribution in [1.29, 1.82) is 0 Å². The number of hydrogen-bond acceptors (Lipinski definition) is 3. The first-order valence-electron chi connectivity index (χ1n) is 7.12. The normalized spacial score (nSPS) is 17.2. The van der Waals surface area contributed by atoms with E-state index in [9.17, 15) is 0 Å². The average molecular weight is 247 g/mol. The Labute approximate surface area is 111 Å². The van der Waals surface area contributed by atoms with Crippen molar-refractivity contribution in [2.24, 2.45) is 5.92 Å². The van der Waals surface area contributed by atoms with E-state index in [-0.39, 0.29) is 0 Å². The third-order valence-corrected chi connectivity index (χ3v) is 3.78. The second-order valence-electron chi connectivity index (χ2n) is 5.38. The fourth-order valence-electron chi connectivity index (χ4n) is 2.52. The number of aromatic nitrogens is 1. The summed E-state index contributed by atoms with van der Waals surface area (Å²) >= 11 is 0. The Balaban J connectivity index is 2.17. The fourth-order valence-corrected chi connectivity index (χ4v) is 2.52. The summed E-state index contributed by atoms with van der Waals surface area (Å²) in [7, 11) is 1.99. The SMILES string of the molecule is CCc1cc(CNC)cc(N2CCC(C)CC2)n1. The summed E-state index contributed by atoms with van der Waals surface area (Å²) in [6, 6.07) is 4.46. The van der Waals surface area contributed by atoms with Crippen LogP contribution in [0.2, 0.25) is 0 Å². The smallest absolute Gasteiger partial charge is 0.129 e. The number of aryl methyl sites for hydroxylation is 1. The third-order valence-electron chi connectivity index (χ3n) is 3.78. The van der Waals surface area contributed by atoms with Crippen molar-refractivity contribution in [2.45, 2.75) is 39.7 Å². The van der Waals surface area contributed by atoms with Crippen LogP contribution >= 0.6 is 0 Å². The highest BCUT2D eigenvalue weighted by atomic mass is 15.2. The lowest BCUT2D eigenvalue weighted by atomic mass is 9.99. The van der Waals surface area contributed by atoms with Crippen molar-refractivity contribution < 1.29 is 0 Å². The number of rotatable bonds is 4. The molecule has 3 heteroatoms. The highest BCUT2D eigenvalue weighted by Gasteiger charge is 2.17. The van der Waals surface area contributed by atoms with E-state index in [4.69, 9.17) is 4.98 Å². The molecule has 1 N–H and O–H groups in total. The number of piperidine rings is 1. The van der Waals surface area contributed by atoms with Crippen LogP contribution in [0, 0.1) is 5.92 Å². The van der Waals surface area contributed by atoms with E-state index in [0.717, 1.165) is 32.0 Å². The molecule has 0 bridgehead atoms. The molecule has 0 atom stereocenters. The molecule has 2 rings (SSSR count). The summed E-state index contributed by atoms with van der Waals surface area (Å²) < 4.78 is 0. The molecule has 3 nitrogen and oxygen atoms in total. The maximum atomic E-state index is 4.78. The molecule has 1 aromatic heterocycles. The van der Waals surface area contributed by atoms with E-state index in [0.29, 0.717) is 0 Å². The molecule has 0 radical (unpaired) electrons. The van der Waals surface area contributed by atoms with Crippen molar-refractivity contribution in [3.8, 4) is 0 Å². The Bertz CT molecular complexity index is 381. The van der Waals surface area contributed by atoms with Crippen LogP contribution < -0.4 is 10.2 Å². The minimum absolute atomic E-state index is 0.868. The van der Waals surface area contributed by atoms with Gasteiger partial charge in [-0.3, -0.25) is 0 Å². The Morgan fingerprint density at radius 3 is 2.67 bits per heavy atom. The Hall–Kier alpha value is -1.09. The van der Waals surface area contributed by atoms with Gasteiger partial charge in [0.25, 0.3) is 0 Å². The third kappa shape index (κ3) is 3.22. The Morgan fingerprint density at radius 2 is 2.06 bits per heavy atom. The van der Waals surface area contributed by atoms with Gasteiger partial charge in [-0.05, 0) is 49.9 Å². The van der Waals surface area contributed by atoms with Gasteiger partial charge in [-0.2, -0.15) is 0 Å². The summed E-state index contributed by atoms with van der Waals surface area (Å²) in [6.07, 6.45) is 3.59. The standard InChI is InChI=1S/C15H25N3/c1-4-14-9-13(11-16-3)10-15(17-14)18-7-5-12(2)6-8-18/h9-10,12,16H,4-8,11H2,1-3H3. The van der Waals surface area contributed by atoms with E-state index in [1.807, 2.05) is 7.05 Å². The highest BCUT2D eigenvalue weighted by molar-refractivity contribution is 5.43.